The third-order valence-corrected chi connectivity index (χ3v) is 6.84. The number of benzene rings is 1. The molecule has 1 aromatic heterocycles. The van der Waals surface area contributed by atoms with Gasteiger partial charge in [0.2, 0.25) is 0 Å². The summed E-state index contributed by atoms with van der Waals surface area (Å²) in [6, 6.07) is 10.8. The molecule has 2 atom stereocenters. The molecule has 1 aromatic carbocycles. The van der Waals surface area contributed by atoms with Crippen molar-refractivity contribution in [3.8, 4) is 6.07 Å². The average molecular weight is 407 g/mol. The number of pyridine rings is 1. The summed E-state index contributed by atoms with van der Waals surface area (Å²) >= 11 is 0. The Morgan fingerprint density at radius 3 is 2.67 bits per heavy atom. The maximum absolute atomic E-state index is 13.8. The van der Waals surface area contributed by atoms with Crippen LogP contribution in [-0.2, 0) is 19.6 Å². The lowest BCUT2D eigenvalue weighted by molar-refractivity contribution is 0.114. The first kappa shape index (κ1) is 19.5. The Kier molecular flexibility index (Phi) is 5.18. The van der Waals surface area contributed by atoms with E-state index in [0.29, 0.717) is 23.9 Å². The molecule has 2 bridgehead atoms. The normalized spacial score (nSPS) is 23.9. The van der Waals surface area contributed by atoms with Crippen molar-refractivity contribution >= 4 is 0 Å². The predicted molar refractivity (Wildman–Crippen MR) is 112 cm³/mol. The van der Waals surface area contributed by atoms with E-state index < -0.39 is 0 Å². The molecule has 2 fully saturated rings. The molecule has 2 saturated heterocycles. The molecule has 30 heavy (non-hydrogen) atoms. The Morgan fingerprint density at radius 1 is 1.03 bits per heavy atom. The standard InChI is InChI=1S/C24H27FN4O/c25-22-9-17(11-26)7-18(10-22)12-28-13-19-8-21(16-28)23-4-3-20(24(30)29(23)14-19)15-27-5-1-2-6-27/h3-4,7,9-10,19,21H,1-2,5-6,8,12-16H2/t19-,21+/m0/s1. The van der Waals surface area contributed by atoms with Crippen LogP contribution >= 0.6 is 0 Å². The van der Waals surface area contributed by atoms with Crippen LogP contribution < -0.4 is 5.56 Å². The summed E-state index contributed by atoms with van der Waals surface area (Å²) in [5, 5.41) is 9.11. The topological polar surface area (TPSA) is 52.3 Å². The van der Waals surface area contributed by atoms with Gasteiger partial charge in [-0.1, -0.05) is 6.07 Å². The van der Waals surface area contributed by atoms with Crippen molar-refractivity contribution in [2.75, 3.05) is 26.2 Å². The van der Waals surface area contributed by atoms with Gasteiger partial charge in [-0.2, -0.15) is 5.26 Å². The zero-order chi connectivity index (χ0) is 20.7. The van der Waals surface area contributed by atoms with Crippen molar-refractivity contribution in [2.45, 2.75) is 44.8 Å². The van der Waals surface area contributed by atoms with Gasteiger partial charge in [-0.25, -0.2) is 4.39 Å². The van der Waals surface area contributed by atoms with Crippen LogP contribution in [0.4, 0.5) is 4.39 Å². The SMILES string of the molecule is N#Cc1cc(F)cc(CN2C[C@@H]3C[C@H](C2)c2ccc(CN4CCCC4)c(=O)n2C3)c1. The van der Waals surface area contributed by atoms with Crippen LogP contribution in [0.2, 0.25) is 0 Å². The van der Waals surface area contributed by atoms with Crippen LogP contribution in [0.25, 0.3) is 0 Å². The lowest BCUT2D eigenvalue weighted by atomic mass is 9.82. The number of rotatable bonds is 4. The van der Waals surface area contributed by atoms with E-state index in [9.17, 15) is 9.18 Å². The fraction of sp³-hybridized carbons (Fsp3) is 0.500. The average Bonchev–Trinajstić information content (AvgIpc) is 3.23. The molecule has 0 unspecified atom stereocenters. The van der Waals surface area contributed by atoms with Crippen molar-refractivity contribution in [3.63, 3.8) is 0 Å². The smallest absolute Gasteiger partial charge is 0.255 e. The van der Waals surface area contributed by atoms with Gasteiger partial charge >= 0.3 is 0 Å². The largest absolute Gasteiger partial charge is 0.312 e. The van der Waals surface area contributed by atoms with Crippen LogP contribution in [0.5, 0.6) is 0 Å². The lowest BCUT2D eigenvalue weighted by Gasteiger charge is -2.43. The first-order valence-electron chi connectivity index (χ1n) is 11.0. The van der Waals surface area contributed by atoms with Crippen LogP contribution in [0.15, 0.2) is 35.1 Å². The van der Waals surface area contributed by atoms with Gasteiger partial charge in [-0.15, -0.1) is 0 Å². The van der Waals surface area contributed by atoms with Gasteiger partial charge in [0.1, 0.15) is 5.82 Å². The number of piperidine rings is 1. The first-order chi connectivity index (χ1) is 14.6. The maximum atomic E-state index is 13.8. The number of halogens is 1. The minimum absolute atomic E-state index is 0.186. The fourth-order valence-corrected chi connectivity index (χ4v) is 5.59. The molecule has 4 heterocycles. The Bertz CT molecular complexity index is 1050. The Labute approximate surface area is 176 Å². The van der Waals surface area contributed by atoms with E-state index in [-0.39, 0.29) is 11.4 Å². The zero-order valence-corrected chi connectivity index (χ0v) is 17.2. The molecular formula is C24H27FN4O. The van der Waals surface area contributed by atoms with Crippen LogP contribution in [0.1, 0.15) is 47.6 Å². The van der Waals surface area contributed by atoms with Crippen molar-refractivity contribution in [1.82, 2.24) is 14.4 Å². The quantitative estimate of drug-likeness (QED) is 0.783. The number of fused-ring (bicyclic) bond motifs is 4. The van der Waals surface area contributed by atoms with E-state index in [1.54, 1.807) is 6.07 Å². The molecular weight excluding hydrogens is 379 g/mol. The van der Waals surface area contributed by atoms with Crippen molar-refractivity contribution in [1.29, 1.82) is 5.26 Å². The third-order valence-electron chi connectivity index (χ3n) is 6.84. The second-order valence-corrected chi connectivity index (χ2v) is 9.14. The van der Waals surface area contributed by atoms with Gasteiger partial charge in [-0.05, 0) is 68.1 Å². The number of aromatic nitrogens is 1. The molecule has 0 amide bonds. The number of nitriles is 1. The van der Waals surface area contributed by atoms with E-state index in [2.05, 4.69) is 15.9 Å². The molecule has 0 saturated carbocycles. The van der Waals surface area contributed by atoms with E-state index in [4.69, 9.17) is 5.26 Å². The summed E-state index contributed by atoms with van der Waals surface area (Å²) in [7, 11) is 0. The molecule has 156 valence electrons. The summed E-state index contributed by atoms with van der Waals surface area (Å²) in [5.41, 5.74) is 3.45. The van der Waals surface area contributed by atoms with Crippen LogP contribution in [0, 0.1) is 23.1 Å². The highest BCUT2D eigenvalue weighted by Crippen LogP contribution is 2.35. The molecule has 5 nitrogen and oxygen atoms in total. The minimum Gasteiger partial charge on any atom is -0.312 e. The predicted octanol–water partition coefficient (Wildman–Crippen LogP) is 3.07. The molecule has 6 heteroatoms. The monoisotopic (exact) mass is 406 g/mol. The number of nitrogens with zero attached hydrogens (tertiary/aromatic N) is 4. The van der Waals surface area contributed by atoms with E-state index in [0.717, 1.165) is 62.5 Å². The van der Waals surface area contributed by atoms with Gasteiger partial charge in [0.15, 0.2) is 0 Å². The summed E-state index contributed by atoms with van der Waals surface area (Å²) in [5.74, 6) is 0.402. The number of likely N-dealkylation sites (tertiary alicyclic amines) is 2. The highest BCUT2D eigenvalue weighted by Gasteiger charge is 2.35. The molecule has 0 aliphatic carbocycles. The second-order valence-electron chi connectivity index (χ2n) is 9.14. The van der Waals surface area contributed by atoms with Gasteiger partial charge in [0, 0.05) is 49.9 Å². The molecule has 0 spiro atoms. The van der Waals surface area contributed by atoms with Gasteiger partial charge < -0.3 is 4.57 Å². The molecule has 3 aliphatic heterocycles. The summed E-state index contributed by atoms with van der Waals surface area (Å²) in [6.07, 6.45) is 3.56. The highest BCUT2D eigenvalue weighted by atomic mass is 19.1. The molecule has 5 rings (SSSR count). The maximum Gasteiger partial charge on any atom is 0.255 e. The zero-order valence-electron chi connectivity index (χ0n) is 17.2. The van der Waals surface area contributed by atoms with Gasteiger partial charge in [0.25, 0.3) is 5.56 Å². The van der Waals surface area contributed by atoms with E-state index >= 15 is 0 Å². The lowest BCUT2D eigenvalue weighted by Crippen LogP contribution is -2.47. The minimum atomic E-state index is -0.358. The first-order valence-corrected chi connectivity index (χ1v) is 11.0. The summed E-state index contributed by atoms with van der Waals surface area (Å²) in [4.78, 5) is 17.9. The second kappa shape index (κ2) is 7.98. The third kappa shape index (κ3) is 3.80. The van der Waals surface area contributed by atoms with Gasteiger partial charge in [0.05, 0.1) is 11.6 Å². The van der Waals surface area contributed by atoms with Gasteiger partial charge in [-0.3, -0.25) is 14.6 Å². The Hall–Kier alpha value is -2.49. The molecule has 3 aliphatic rings. The summed E-state index contributed by atoms with van der Waals surface area (Å²) < 4.78 is 15.8. The van der Waals surface area contributed by atoms with Crippen molar-refractivity contribution < 1.29 is 4.39 Å². The molecule has 0 radical (unpaired) electrons. The van der Waals surface area contributed by atoms with Crippen LogP contribution in [-0.4, -0.2) is 40.5 Å². The Balaban J connectivity index is 1.35. The molecule has 0 N–H and O–H groups in total. The number of hydrogen-bond donors (Lipinski definition) is 0. The van der Waals surface area contributed by atoms with Crippen molar-refractivity contribution in [3.05, 3.63) is 68.9 Å². The Morgan fingerprint density at radius 2 is 1.87 bits per heavy atom. The highest BCUT2D eigenvalue weighted by molar-refractivity contribution is 5.33. The number of hydrogen-bond acceptors (Lipinski definition) is 4. The van der Waals surface area contributed by atoms with Crippen molar-refractivity contribution in [2.24, 2.45) is 5.92 Å². The molecule has 2 aromatic rings. The summed E-state index contributed by atoms with van der Waals surface area (Å²) in [6.45, 7) is 6.11. The van der Waals surface area contributed by atoms with E-state index in [1.165, 1.54) is 25.0 Å². The van der Waals surface area contributed by atoms with E-state index in [1.807, 2.05) is 16.7 Å². The fourth-order valence-electron chi connectivity index (χ4n) is 5.59. The van der Waals surface area contributed by atoms with Crippen LogP contribution in [0.3, 0.4) is 0 Å².